The molecule has 1 aliphatic carbocycles. The third-order valence-electron chi connectivity index (χ3n) is 4.79. The van der Waals surface area contributed by atoms with Crippen LogP contribution < -0.4 is 20.7 Å². The second-order valence-corrected chi connectivity index (χ2v) is 7.42. The number of hydrogen-bond donors (Lipinski definition) is 3. The predicted octanol–water partition coefficient (Wildman–Crippen LogP) is 3.69. The zero-order valence-electron chi connectivity index (χ0n) is 17.9. The van der Waals surface area contributed by atoms with Crippen LogP contribution in [-0.4, -0.2) is 32.1 Å². The number of nitrogens with one attached hydrogen (secondary N) is 3. The molecule has 0 atom stereocenters. The number of aliphatic imine (C=N–C) groups is 1. The zero-order valence-corrected chi connectivity index (χ0v) is 20.2. The summed E-state index contributed by atoms with van der Waals surface area (Å²) in [5.41, 5.74) is 3.60. The molecule has 31 heavy (non-hydrogen) atoms. The van der Waals surface area contributed by atoms with E-state index in [1.54, 1.807) is 19.2 Å². The van der Waals surface area contributed by atoms with Crippen LogP contribution in [0.3, 0.4) is 0 Å². The molecular formula is C24H29IN4O2. The Morgan fingerprint density at radius 2 is 2.03 bits per heavy atom. The van der Waals surface area contributed by atoms with Gasteiger partial charge in [-0.1, -0.05) is 24.1 Å². The van der Waals surface area contributed by atoms with E-state index in [1.807, 2.05) is 12.1 Å². The van der Waals surface area contributed by atoms with E-state index in [2.05, 4.69) is 52.0 Å². The predicted molar refractivity (Wildman–Crippen MR) is 136 cm³/mol. The van der Waals surface area contributed by atoms with Crippen molar-refractivity contribution in [3.05, 3.63) is 59.2 Å². The van der Waals surface area contributed by atoms with Gasteiger partial charge in [-0.15, -0.1) is 30.4 Å². The van der Waals surface area contributed by atoms with Crippen LogP contribution in [0.15, 0.2) is 47.5 Å². The van der Waals surface area contributed by atoms with Crippen molar-refractivity contribution in [2.24, 2.45) is 10.9 Å². The summed E-state index contributed by atoms with van der Waals surface area (Å²) >= 11 is 0. The highest BCUT2D eigenvalue weighted by atomic mass is 127. The molecule has 2 aromatic carbocycles. The number of guanidine groups is 1. The number of rotatable bonds is 8. The fraction of sp³-hybridized carbons (Fsp3) is 0.333. The van der Waals surface area contributed by atoms with Crippen LogP contribution in [0.2, 0.25) is 0 Å². The Morgan fingerprint density at radius 3 is 2.74 bits per heavy atom. The van der Waals surface area contributed by atoms with Crippen molar-refractivity contribution in [1.82, 2.24) is 10.6 Å². The number of carbonyl (C=O) groups excluding carboxylic acids is 1. The molecule has 1 fully saturated rings. The number of halogens is 1. The zero-order chi connectivity index (χ0) is 21.3. The van der Waals surface area contributed by atoms with Crippen LogP contribution in [0.25, 0.3) is 0 Å². The number of amides is 1. The summed E-state index contributed by atoms with van der Waals surface area (Å²) in [6, 6.07) is 13.4. The molecule has 1 aliphatic rings. The first-order valence-corrected chi connectivity index (χ1v) is 10.1. The van der Waals surface area contributed by atoms with Gasteiger partial charge in [0.15, 0.2) is 5.96 Å². The van der Waals surface area contributed by atoms with E-state index in [1.165, 1.54) is 12.8 Å². The van der Waals surface area contributed by atoms with Crippen molar-refractivity contribution >= 4 is 41.5 Å². The molecule has 1 amide bonds. The molecule has 0 radical (unpaired) electrons. The standard InChI is InChI=1S/C24H28N4O2.HI/c1-4-18-6-5-7-21(13-18)28-23(29)15-27-24(25-3)26-14-20-11-8-17(2)12-22(20)30-16-19-9-10-19;/h1,5-8,11-13,19H,9-10,14-16H2,2-3H3,(H,28,29)(H2,25,26,27);1H. The van der Waals surface area contributed by atoms with E-state index in [9.17, 15) is 4.79 Å². The molecule has 0 heterocycles. The average molecular weight is 532 g/mol. The van der Waals surface area contributed by atoms with Crippen LogP contribution in [0.5, 0.6) is 5.75 Å². The number of ether oxygens (including phenoxy) is 1. The molecule has 0 unspecified atom stereocenters. The molecule has 1 saturated carbocycles. The minimum absolute atomic E-state index is 0. The Hall–Kier alpha value is -2.73. The van der Waals surface area contributed by atoms with Gasteiger partial charge in [-0.2, -0.15) is 0 Å². The first kappa shape index (κ1) is 24.5. The molecule has 3 N–H and O–H groups in total. The monoisotopic (exact) mass is 532 g/mol. The molecular weight excluding hydrogens is 503 g/mol. The lowest BCUT2D eigenvalue weighted by Crippen LogP contribution is -2.41. The molecule has 2 aromatic rings. The topological polar surface area (TPSA) is 74.8 Å². The Morgan fingerprint density at radius 1 is 1.23 bits per heavy atom. The summed E-state index contributed by atoms with van der Waals surface area (Å²) in [6.07, 6.45) is 7.90. The van der Waals surface area contributed by atoms with Gasteiger partial charge in [-0.3, -0.25) is 9.79 Å². The summed E-state index contributed by atoms with van der Waals surface area (Å²) in [5.74, 6) is 4.50. The Balaban J connectivity index is 0.00000341. The maximum Gasteiger partial charge on any atom is 0.243 e. The highest BCUT2D eigenvalue weighted by Gasteiger charge is 2.22. The minimum atomic E-state index is -0.184. The van der Waals surface area contributed by atoms with Crippen LogP contribution >= 0.6 is 24.0 Å². The van der Waals surface area contributed by atoms with Crippen LogP contribution in [0.4, 0.5) is 5.69 Å². The maximum absolute atomic E-state index is 12.2. The lowest BCUT2D eigenvalue weighted by atomic mass is 10.1. The maximum atomic E-state index is 12.2. The highest BCUT2D eigenvalue weighted by molar-refractivity contribution is 14.0. The van der Waals surface area contributed by atoms with Crippen molar-refractivity contribution < 1.29 is 9.53 Å². The van der Waals surface area contributed by atoms with Gasteiger partial charge >= 0.3 is 0 Å². The number of benzene rings is 2. The molecule has 0 bridgehead atoms. The average Bonchev–Trinajstić information content (AvgIpc) is 3.58. The lowest BCUT2D eigenvalue weighted by molar-refractivity contribution is -0.115. The van der Waals surface area contributed by atoms with E-state index in [-0.39, 0.29) is 36.4 Å². The summed E-state index contributed by atoms with van der Waals surface area (Å²) in [4.78, 5) is 16.4. The van der Waals surface area contributed by atoms with E-state index in [0.717, 1.165) is 29.0 Å². The number of carbonyl (C=O) groups is 1. The number of aryl methyl sites for hydroxylation is 1. The smallest absolute Gasteiger partial charge is 0.243 e. The van der Waals surface area contributed by atoms with Crippen LogP contribution in [0, 0.1) is 25.2 Å². The molecule has 6 nitrogen and oxygen atoms in total. The van der Waals surface area contributed by atoms with Crippen molar-refractivity contribution in [3.8, 4) is 18.1 Å². The normalized spacial score (nSPS) is 12.9. The molecule has 0 saturated heterocycles. The summed E-state index contributed by atoms with van der Waals surface area (Å²) < 4.78 is 6.01. The Kier molecular flexibility index (Phi) is 9.66. The van der Waals surface area contributed by atoms with Crippen molar-refractivity contribution in [1.29, 1.82) is 0 Å². The second kappa shape index (κ2) is 12.2. The SMILES string of the molecule is C#Cc1cccc(NC(=O)CNC(=NC)NCc2ccc(C)cc2OCC2CC2)c1.I. The van der Waals surface area contributed by atoms with Gasteiger partial charge in [-0.25, -0.2) is 0 Å². The fourth-order valence-corrected chi connectivity index (χ4v) is 2.89. The van der Waals surface area contributed by atoms with Gasteiger partial charge < -0.3 is 20.7 Å². The first-order chi connectivity index (χ1) is 14.6. The molecule has 0 aliphatic heterocycles. The highest BCUT2D eigenvalue weighted by Crippen LogP contribution is 2.30. The van der Waals surface area contributed by atoms with Gasteiger partial charge in [-0.05, 0) is 55.5 Å². The molecule has 3 rings (SSSR count). The molecule has 7 heteroatoms. The second-order valence-electron chi connectivity index (χ2n) is 7.42. The largest absolute Gasteiger partial charge is 0.493 e. The number of nitrogens with zero attached hydrogens (tertiary/aromatic N) is 1. The molecule has 0 aromatic heterocycles. The Bertz CT molecular complexity index is 964. The van der Waals surface area contributed by atoms with Crippen molar-refractivity contribution in [3.63, 3.8) is 0 Å². The van der Waals surface area contributed by atoms with Crippen LogP contribution in [0.1, 0.15) is 29.5 Å². The lowest BCUT2D eigenvalue weighted by Gasteiger charge is -2.15. The van der Waals surface area contributed by atoms with E-state index < -0.39 is 0 Å². The first-order valence-electron chi connectivity index (χ1n) is 10.1. The minimum Gasteiger partial charge on any atom is -0.493 e. The third-order valence-corrected chi connectivity index (χ3v) is 4.79. The van der Waals surface area contributed by atoms with Gasteiger partial charge in [0.25, 0.3) is 0 Å². The van der Waals surface area contributed by atoms with Crippen molar-refractivity contribution in [2.45, 2.75) is 26.3 Å². The third kappa shape index (κ3) is 8.13. The van der Waals surface area contributed by atoms with Gasteiger partial charge in [0, 0.05) is 30.4 Å². The molecule has 0 spiro atoms. The van der Waals surface area contributed by atoms with Gasteiger partial charge in [0.2, 0.25) is 5.91 Å². The number of terminal acetylenes is 1. The number of hydrogen-bond acceptors (Lipinski definition) is 3. The van der Waals surface area contributed by atoms with E-state index in [4.69, 9.17) is 11.2 Å². The van der Waals surface area contributed by atoms with E-state index in [0.29, 0.717) is 24.1 Å². The Labute approximate surface area is 201 Å². The van der Waals surface area contributed by atoms with Crippen LogP contribution in [-0.2, 0) is 11.3 Å². The fourth-order valence-electron chi connectivity index (χ4n) is 2.89. The summed E-state index contributed by atoms with van der Waals surface area (Å²) in [7, 11) is 1.67. The van der Waals surface area contributed by atoms with Crippen molar-refractivity contribution in [2.75, 3.05) is 25.5 Å². The quantitative estimate of drug-likeness (QED) is 0.210. The summed E-state index contributed by atoms with van der Waals surface area (Å²) in [5, 5.41) is 9.08. The molecule has 164 valence electrons. The summed E-state index contributed by atoms with van der Waals surface area (Å²) in [6.45, 7) is 3.45. The van der Waals surface area contributed by atoms with E-state index >= 15 is 0 Å². The van der Waals surface area contributed by atoms with Gasteiger partial charge in [0.1, 0.15) is 5.75 Å². The number of anilines is 1. The van der Waals surface area contributed by atoms with Gasteiger partial charge in [0.05, 0.1) is 13.2 Å².